The molecule has 5 atom stereocenters. The molecule has 0 aromatic heterocycles. The zero-order valence-electron chi connectivity index (χ0n) is 9.52. The van der Waals surface area contributed by atoms with E-state index in [-0.39, 0.29) is 29.2 Å². The molecule has 4 nitrogen and oxygen atoms in total. The van der Waals surface area contributed by atoms with E-state index >= 15 is 0 Å². The predicted octanol–water partition coefficient (Wildman–Crippen LogP) is 2.63. The fourth-order valence-electron chi connectivity index (χ4n) is 2.32. The maximum absolute atomic E-state index is 11.1. The molecular formula is C11H17BrO4. The Labute approximate surface area is 104 Å². The maximum atomic E-state index is 11.1. The number of hydrogen-bond donors (Lipinski definition) is 0. The van der Waals surface area contributed by atoms with Crippen LogP contribution in [0.2, 0.25) is 0 Å². The van der Waals surface area contributed by atoms with E-state index in [0.717, 1.165) is 12.8 Å². The van der Waals surface area contributed by atoms with Crippen molar-refractivity contribution in [1.82, 2.24) is 0 Å². The number of carbonyl (C=O) groups is 1. The highest BCUT2D eigenvalue weighted by molar-refractivity contribution is 9.09. The lowest BCUT2D eigenvalue weighted by atomic mass is 9.98. The first-order chi connectivity index (χ1) is 7.60. The molecule has 0 radical (unpaired) electrons. The number of ether oxygens (including phenoxy) is 3. The highest BCUT2D eigenvalue weighted by atomic mass is 79.9. The van der Waals surface area contributed by atoms with Gasteiger partial charge in [-0.25, -0.2) is 4.79 Å². The number of fused-ring (bicyclic) bond motifs is 1. The van der Waals surface area contributed by atoms with Gasteiger partial charge in [-0.3, -0.25) is 0 Å². The smallest absolute Gasteiger partial charge is 0.427 e. The van der Waals surface area contributed by atoms with Crippen molar-refractivity contribution in [2.45, 2.75) is 62.4 Å². The fourth-order valence-corrected chi connectivity index (χ4v) is 3.19. The summed E-state index contributed by atoms with van der Waals surface area (Å²) in [5, 5.41) is 0. The van der Waals surface area contributed by atoms with Gasteiger partial charge in [0.1, 0.15) is 12.2 Å². The largest absolute Gasteiger partial charge is 0.509 e. The summed E-state index contributed by atoms with van der Waals surface area (Å²) in [6.45, 7) is 4.11. The van der Waals surface area contributed by atoms with E-state index in [2.05, 4.69) is 22.9 Å². The van der Waals surface area contributed by atoms with Crippen molar-refractivity contribution in [3.05, 3.63) is 0 Å². The second-order valence-corrected chi connectivity index (χ2v) is 5.62. The summed E-state index contributed by atoms with van der Waals surface area (Å²) < 4.78 is 16.2. The van der Waals surface area contributed by atoms with Crippen LogP contribution in [0, 0.1) is 0 Å². The van der Waals surface area contributed by atoms with Crippen molar-refractivity contribution < 1.29 is 19.0 Å². The second-order valence-electron chi connectivity index (χ2n) is 4.44. The standard InChI is InChI=1S/C11H17BrO4/c1-3-8-7(12)5-10-9(4-6(2)14-8)15-11(13)16-10/h6-10H,3-5H2,1-2H3/t6-,7-,8+,9-,10+/m0/s1. The Morgan fingerprint density at radius 2 is 1.94 bits per heavy atom. The minimum absolute atomic E-state index is 0.0901. The van der Waals surface area contributed by atoms with E-state index in [0.29, 0.717) is 6.42 Å². The molecule has 0 bridgehead atoms. The highest BCUT2D eigenvalue weighted by Gasteiger charge is 2.42. The lowest BCUT2D eigenvalue weighted by Gasteiger charge is -2.31. The molecule has 0 aromatic rings. The molecule has 0 N–H and O–H groups in total. The molecule has 0 aliphatic carbocycles. The average molecular weight is 293 g/mol. The lowest BCUT2D eigenvalue weighted by molar-refractivity contribution is -0.0478. The second kappa shape index (κ2) is 4.92. The van der Waals surface area contributed by atoms with Gasteiger partial charge < -0.3 is 14.2 Å². The van der Waals surface area contributed by atoms with Crippen molar-refractivity contribution in [3.63, 3.8) is 0 Å². The van der Waals surface area contributed by atoms with Crippen molar-refractivity contribution in [2.75, 3.05) is 0 Å². The summed E-state index contributed by atoms with van der Waals surface area (Å²) in [6.07, 6.45) is 1.86. The van der Waals surface area contributed by atoms with Crippen LogP contribution in [0.25, 0.3) is 0 Å². The molecule has 92 valence electrons. The van der Waals surface area contributed by atoms with E-state index < -0.39 is 6.16 Å². The van der Waals surface area contributed by atoms with Gasteiger partial charge in [-0.15, -0.1) is 0 Å². The van der Waals surface area contributed by atoms with E-state index in [1.54, 1.807) is 0 Å². The van der Waals surface area contributed by atoms with Crippen LogP contribution in [0.3, 0.4) is 0 Å². The van der Waals surface area contributed by atoms with Crippen LogP contribution < -0.4 is 0 Å². The first kappa shape index (κ1) is 12.2. The van der Waals surface area contributed by atoms with Gasteiger partial charge in [0.15, 0.2) is 0 Å². The van der Waals surface area contributed by atoms with Crippen LogP contribution in [0.1, 0.15) is 33.1 Å². The summed E-state index contributed by atoms with van der Waals surface area (Å²) in [7, 11) is 0. The third kappa shape index (κ3) is 2.51. The Hall–Kier alpha value is -0.290. The molecule has 5 heteroatoms. The van der Waals surface area contributed by atoms with Crippen molar-refractivity contribution in [1.29, 1.82) is 0 Å². The Kier molecular flexibility index (Phi) is 3.74. The molecule has 2 rings (SSSR count). The Morgan fingerprint density at radius 1 is 1.31 bits per heavy atom. The van der Waals surface area contributed by atoms with Gasteiger partial charge in [0, 0.05) is 17.7 Å². The Balaban J connectivity index is 2.08. The predicted molar refractivity (Wildman–Crippen MR) is 61.7 cm³/mol. The summed E-state index contributed by atoms with van der Waals surface area (Å²) in [5.74, 6) is 0. The number of rotatable bonds is 1. The summed E-state index contributed by atoms with van der Waals surface area (Å²) in [5.41, 5.74) is 0. The first-order valence-electron chi connectivity index (χ1n) is 5.77. The number of carbonyl (C=O) groups excluding carboxylic acids is 1. The van der Waals surface area contributed by atoms with E-state index in [1.807, 2.05) is 6.92 Å². The minimum atomic E-state index is -0.545. The normalized spacial score (nSPS) is 43.9. The fraction of sp³-hybridized carbons (Fsp3) is 0.909. The quantitative estimate of drug-likeness (QED) is 0.550. The van der Waals surface area contributed by atoms with Crippen LogP contribution in [0.15, 0.2) is 0 Å². The van der Waals surface area contributed by atoms with Crippen LogP contribution >= 0.6 is 15.9 Å². The molecule has 0 aromatic carbocycles. The average Bonchev–Trinajstić information content (AvgIpc) is 2.53. The minimum Gasteiger partial charge on any atom is -0.427 e. The van der Waals surface area contributed by atoms with Gasteiger partial charge in [-0.05, 0) is 13.3 Å². The molecule has 2 saturated heterocycles. The third-order valence-corrected chi connectivity index (χ3v) is 4.11. The Morgan fingerprint density at radius 3 is 2.56 bits per heavy atom. The summed E-state index contributed by atoms with van der Waals surface area (Å²) in [4.78, 5) is 11.3. The van der Waals surface area contributed by atoms with Gasteiger partial charge in [-0.1, -0.05) is 22.9 Å². The lowest BCUT2D eigenvalue weighted by Crippen LogP contribution is -2.39. The monoisotopic (exact) mass is 292 g/mol. The molecule has 2 heterocycles. The van der Waals surface area contributed by atoms with Gasteiger partial charge in [-0.2, -0.15) is 0 Å². The van der Waals surface area contributed by atoms with Crippen LogP contribution in [0.4, 0.5) is 4.79 Å². The molecule has 16 heavy (non-hydrogen) atoms. The molecule has 2 aliphatic heterocycles. The van der Waals surface area contributed by atoms with Crippen LogP contribution in [-0.2, 0) is 14.2 Å². The molecule has 0 saturated carbocycles. The topological polar surface area (TPSA) is 44.8 Å². The zero-order chi connectivity index (χ0) is 11.7. The van der Waals surface area contributed by atoms with Gasteiger partial charge in [0.2, 0.25) is 0 Å². The molecule has 2 aliphatic rings. The zero-order valence-corrected chi connectivity index (χ0v) is 11.1. The van der Waals surface area contributed by atoms with Crippen LogP contribution in [-0.4, -0.2) is 35.4 Å². The van der Waals surface area contributed by atoms with Crippen molar-refractivity contribution in [3.8, 4) is 0 Å². The van der Waals surface area contributed by atoms with Gasteiger partial charge >= 0.3 is 6.16 Å². The molecule has 0 amide bonds. The summed E-state index contributed by atoms with van der Waals surface area (Å²) in [6, 6.07) is 0. The number of halogens is 1. The molecule has 0 spiro atoms. The summed E-state index contributed by atoms with van der Waals surface area (Å²) >= 11 is 3.61. The number of alkyl halides is 1. The molecule has 0 unspecified atom stereocenters. The maximum Gasteiger partial charge on any atom is 0.509 e. The van der Waals surface area contributed by atoms with Crippen molar-refractivity contribution in [2.24, 2.45) is 0 Å². The molecular weight excluding hydrogens is 276 g/mol. The SMILES string of the molecule is CC[C@H]1O[C@@H](C)C[C@@H]2OC(=O)O[C@@H]2C[C@@H]1Br. The first-order valence-corrected chi connectivity index (χ1v) is 6.68. The number of hydrogen-bond acceptors (Lipinski definition) is 4. The van der Waals surface area contributed by atoms with E-state index in [1.165, 1.54) is 0 Å². The van der Waals surface area contributed by atoms with Crippen LogP contribution in [0.5, 0.6) is 0 Å². The van der Waals surface area contributed by atoms with Crippen molar-refractivity contribution >= 4 is 22.1 Å². The van der Waals surface area contributed by atoms with E-state index in [4.69, 9.17) is 14.2 Å². The van der Waals surface area contributed by atoms with Gasteiger partial charge in [0.05, 0.1) is 12.2 Å². The van der Waals surface area contributed by atoms with Gasteiger partial charge in [0.25, 0.3) is 0 Å². The third-order valence-electron chi connectivity index (χ3n) is 3.14. The molecule has 2 fully saturated rings. The van der Waals surface area contributed by atoms with E-state index in [9.17, 15) is 4.79 Å². The highest BCUT2D eigenvalue weighted by Crippen LogP contribution is 2.32. The Bertz CT molecular complexity index is 271.